The summed E-state index contributed by atoms with van der Waals surface area (Å²) >= 11 is 0. The van der Waals surface area contributed by atoms with Crippen molar-refractivity contribution in [3.05, 3.63) is 29.8 Å². The number of hydrogen-bond acceptors (Lipinski definition) is 3. The van der Waals surface area contributed by atoms with Crippen molar-refractivity contribution in [2.45, 2.75) is 39.5 Å². The quantitative estimate of drug-likeness (QED) is 0.863. The van der Waals surface area contributed by atoms with Gasteiger partial charge in [-0.15, -0.1) is 0 Å². The lowest BCUT2D eigenvalue weighted by Gasteiger charge is -2.36. The van der Waals surface area contributed by atoms with Crippen LogP contribution in [0.2, 0.25) is 0 Å². The van der Waals surface area contributed by atoms with Gasteiger partial charge in [-0.25, -0.2) is 0 Å². The van der Waals surface area contributed by atoms with Gasteiger partial charge in [0.15, 0.2) is 6.61 Å². The minimum absolute atomic E-state index is 0.0167. The van der Waals surface area contributed by atoms with Gasteiger partial charge < -0.3 is 15.0 Å². The monoisotopic (exact) mass is 344 g/mol. The predicted molar refractivity (Wildman–Crippen MR) is 96.3 cm³/mol. The van der Waals surface area contributed by atoms with Crippen LogP contribution in [0, 0.1) is 18.3 Å². The fraction of sp³-hybridized carbons (Fsp3) is 0.600. The van der Waals surface area contributed by atoms with Crippen LogP contribution in [0.25, 0.3) is 0 Å². The molecule has 0 bridgehead atoms. The fourth-order valence-corrected chi connectivity index (χ4v) is 3.56. The average molecular weight is 344 g/mol. The molecule has 1 aromatic rings. The second kappa shape index (κ2) is 7.46. The zero-order valence-corrected chi connectivity index (χ0v) is 15.2. The summed E-state index contributed by atoms with van der Waals surface area (Å²) in [5.74, 6) is 1.29. The molecule has 0 radical (unpaired) electrons. The number of carbonyl (C=O) groups is 2. The maximum Gasteiger partial charge on any atom is 0.260 e. The second-order valence-electron chi connectivity index (χ2n) is 7.67. The molecule has 1 saturated carbocycles. The van der Waals surface area contributed by atoms with Gasteiger partial charge in [-0.1, -0.05) is 31.5 Å². The Labute approximate surface area is 149 Å². The van der Waals surface area contributed by atoms with Crippen molar-refractivity contribution < 1.29 is 14.3 Å². The molecular formula is C20H28N2O3. The van der Waals surface area contributed by atoms with Gasteiger partial charge in [-0.2, -0.15) is 0 Å². The summed E-state index contributed by atoms with van der Waals surface area (Å²) in [6, 6.07) is 7.71. The molecule has 1 aliphatic carbocycles. The van der Waals surface area contributed by atoms with Gasteiger partial charge in [0, 0.05) is 25.0 Å². The van der Waals surface area contributed by atoms with Crippen LogP contribution in [0.4, 0.5) is 0 Å². The highest BCUT2D eigenvalue weighted by Crippen LogP contribution is 2.40. The molecule has 2 aliphatic rings. The zero-order chi connectivity index (χ0) is 17.9. The normalized spacial score (nSPS) is 21.5. The van der Waals surface area contributed by atoms with E-state index in [4.69, 9.17) is 4.74 Å². The third-order valence-corrected chi connectivity index (χ3v) is 5.64. The first-order chi connectivity index (χ1) is 12.0. The molecule has 1 N–H and O–H groups in total. The molecule has 5 nitrogen and oxygen atoms in total. The number of likely N-dealkylation sites (tertiary alicyclic amines) is 1. The first-order valence-corrected chi connectivity index (χ1v) is 9.22. The van der Waals surface area contributed by atoms with E-state index < -0.39 is 0 Å². The van der Waals surface area contributed by atoms with Gasteiger partial charge in [0.2, 0.25) is 5.91 Å². The van der Waals surface area contributed by atoms with Crippen molar-refractivity contribution in [3.63, 3.8) is 0 Å². The van der Waals surface area contributed by atoms with Crippen LogP contribution >= 0.6 is 0 Å². The number of aryl methyl sites for hydroxylation is 1. The Bertz CT molecular complexity index is 640. The van der Waals surface area contributed by atoms with E-state index in [-0.39, 0.29) is 23.8 Å². The van der Waals surface area contributed by atoms with Crippen LogP contribution in [-0.2, 0) is 9.59 Å². The lowest BCUT2D eigenvalue weighted by molar-refractivity contribution is -0.134. The van der Waals surface area contributed by atoms with Gasteiger partial charge >= 0.3 is 0 Å². The Hall–Kier alpha value is -2.04. The van der Waals surface area contributed by atoms with Crippen LogP contribution in [0.15, 0.2) is 24.3 Å². The van der Waals surface area contributed by atoms with E-state index in [1.807, 2.05) is 43.0 Å². The number of hydrogen-bond donors (Lipinski definition) is 1. The summed E-state index contributed by atoms with van der Waals surface area (Å²) in [7, 11) is 0. The van der Waals surface area contributed by atoms with Crippen molar-refractivity contribution >= 4 is 11.8 Å². The number of ether oxygens (including phenoxy) is 1. The second-order valence-corrected chi connectivity index (χ2v) is 7.67. The highest BCUT2D eigenvalue weighted by Gasteiger charge is 2.39. The van der Waals surface area contributed by atoms with Crippen LogP contribution < -0.4 is 10.1 Å². The molecule has 3 rings (SSSR count). The van der Waals surface area contributed by atoms with E-state index in [9.17, 15) is 9.59 Å². The number of carbonyl (C=O) groups excluding carboxylic acids is 2. The topological polar surface area (TPSA) is 58.6 Å². The van der Waals surface area contributed by atoms with Crippen LogP contribution in [0.5, 0.6) is 5.75 Å². The highest BCUT2D eigenvalue weighted by molar-refractivity contribution is 5.83. The number of benzene rings is 1. The Kier molecular flexibility index (Phi) is 5.30. The SMILES string of the molecule is Cc1ccccc1OCC(=O)N1CCC(CNC(=O)C2(C)CCC2)C1. The van der Waals surface area contributed by atoms with Crippen molar-refractivity contribution in [2.75, 3.05) is 26.2 Å². The molecule has 1 saturated heterocycles. The van der Waals surface area contributed by atoms with Crippen molar-refractivity contribution in [1.29, 1.82) is 0 Å². The van der Waals surface area contributed by atoms with Gasteiger partial charge in [0.05, 0.1) is 0 Å². The molecule has 1 heterocycles. The molecule has 1 aromatic carbocycles. The number of para-hydroxylation sites is 1. The Morgan fingerprint density at radius 3 is 2.76 bits per heavy atom. The molecule has 5 heteroatoms. The predicted octanol–water partition coefficient (Wildman–Crippen LogP) is 2.53. The Morgan fingerprint density at radius 1 is 1.32 bits per heavy atom. The number of nitrogens with zero attached hydrogens (tertiary/aromatic N) is 1. The van der Waals surface area contributed by atoms with Gasteiger partial charge in [-0.05, 0) is 43.7 Å². The van der Waals surface area contributed by atoms with E-state index in [1.54, 1.807) is 0 Å². The summed E-state index contributed by atoms with van der Waals surface area (Å²) < 4.78 is 5.65. The summed E-state index contributed by atoms with van der Waals surface area (Å²) in [5.41, 5.74) is 0.872. The zero-order valence-electron chi connectivity index (χ0n) is 15.2. The van der Waals surface area contributed by atoms with E-state index in [2.05, 4.69) is 5.32 Å². The third-order valence-electron chi connectivity index (χ3n) is 5.64. The maximum absolute atomic E-state index is 12.3. The van der Waals surface area contributed by atoms with Crippen molar-refractivity contribution in [3.8, 4) is 5.75 Å². The molecule has 2 amide bonds. The Morgan fingerprint density at radius 2 is 2.08 bits per heavy atom. The van der Waals surface area contributed by atoms with E-state index in [1.165, 1.54) is 0 Å². The van der Waals surface area contributed by atoms with Gasteiger partial charge in [-0.3, -0.25) is 9.59 Å². The summed E-state index contributed by atoms with van der Waals surface area (Å²) in [4.78, 5) is 26.4. The van der Waals surface area contributed by atoms with Crippen LogP contribution in [0.3, 0.4) is 0 Å². The highest BCUT2D eigenvalue weighted by atomic mass is 16.5. The largest absolute Gasteiger partial charge is 0.484 e. The molecule has 1 aliphatic heterocycles. The van der Waals surface area contributed by atoms with Gasteiger partial charge in [0.25, 0.3) is 5.91 Å². The molecule has 0 aromatic heterocycles. The standard InChI is InChI=1S/C20H28N2O3/c1-15-6-3-4-7-17(15)25-14-18(23)22-11-8-16(13-22)12-21-19(24)20(2)9-5-10-20/h3-4,6-7,16H,5,8-14H2,1-2H3,(H,21,24). The average Bonchev–Trinajstić information content (AvgIpc) is 3.05. The molecule has 1 atom stereocenters. The smallest absolute Gasteiger partial charge is 0.260 e. The maximum atomic E-state index is 12.3. The lowest BCUT2D eigenvalue weighted by atomic mass is 9.70. The third kappa shape index (κ3) is 4.14. The summed E-state index contributed by atoms with van der Waals surface area (Å²) in [5, 5.41) is 3.08. The summed E-state index contributed by atoms with van der Waals surface area (Å²) in [6.45, 7) is 6.19. The first-order valence-electron chi connectivity index (χ1n) is 9.22. The number of rotatable bonds is 6. The minimum Gasteiger partial charge on any atom is -0.484 e. The fourth-order valence-electron chi connectivity index (χ4n) is 3.56. The van der Waals surface area contributed by atoms with Crippen molar-refractivity contribution in [1.82, 2.24) is 10.2 Å². The minimum atomic E-state index is -0.157. The first kappa shape index (κ1) is 17.8. The molecule has 2 fully saturated rings. The molecule has 1 unspecified atom stereocenters. The molecule has 25 heavy (non-hydrogen) atoms. The Balaban J connectivity index is 1.40. The summed E-state index contributed by atoms with van der Waals surface area (Å²) in [6.07, 6.45) is 4.07. The lowest BCUT2D eigenvalue weighted by Crippen LogP contribution is -2.45. The van der Waals surface area contributed by atoms with Crippen molar-refractivity contribution in [2.24, 2.45) is 11.3 Å². The van der Waals surface area contributed by atoms with E-state index in [0.717, 1.165) is 43.5 Å². The number of amides is 2. The van der Waals surface area contributed by atoms with Crippen LogP contribution in [-0.4, -0.2) is 43.0 Å². The van der Waals surface area contributed by atoms with E-state index in [0.29, 0.717) is 19.0 Å². The molecule has 136 valence electrons. The van der Waals surface area contributed by atoms with Crippen LogP contribution in [0.1, 0.15) is 38.2 Å². The number of nitrogens with one attached hydrogen (secondary N) is 1. The molecule has 0 spiro atoms. The van der Waals surface area contributed by atoms with Gasteiger partial charge in [0.1, 0.15) is 5.75 Å². The van der Waals surface area contributed by atoms with E-state index >= 15 is 0 Å². The molecular weight excluding hydrogens is 316 g/mol.